The minimum atomic E-state index is -4.88. The molecule has 6 rings (SSSR count). The molecule has 1 saturated carbocycles. The van der Waals surface area contributed by atoms with Gasteiger partial charge in [-0.2, -0.15) is 23.5 Å². The van der Waals surface area contributed by atoms with E-state index in [9.17, 15) is 27.6 Å². The van der Waals surface area contributed by atoms with E-state index in [1.54, 1.807) is 28.1 Å². The SMILES string of the molecule is CC(C)(C)OC(=O)N1CCC(Cn2ncc3cc(N4C(S)N(c5cnc(C#N)c(C(F)(F)F)c5)C(=O)C45CCC5=O)ccc32)CC1. The molecule has 2 amide bonds. The van der Waals surface area contributed by atoms with Crippen LogP contribution in [0.1, 0.15) is 57.7 Å². The summed E-state index contributed by atoms with van der Waals surface area (Å²) in [6.07, 6.45) is -0.604. The standard InChI is InChI=1S/C31H32F3N7O4S/c1-29(2,3)45-28(44)38-10-7-18(8-11-38)17-39-24-5-4-20(12-19(24)15-37-39)41-27(46)40(26(43)30(41)9-6-25(30)42)21-13-22(31(32,33)34)23(14-35)36-16-21/h4-5,12-13,15-16,18,27,46H,6-11,17H2,1-3H3. The first-order chi connectivity index (χ1) is 21.6. The van der Waals surface area contributed by atoms with Gasteiger partial charge in [-0.05, 0) is 70.2 Å². The van der Waals surface area contributed by atoms with Crippen LogP contribution in [0.5, 0.6) is 0 Å². The number of amides is 2. The third-order valence-corrected chi connectivity index (χ3v) is 9.25. The molecule has 1 spiro atoms. The van der Waals surface area contributed by atoms with Gasteiger partial charge in [0, 0.05) is 37.1 Å². The van der Waals surface area contributed by atoms with Gasteiger partial charge in [0.2, 0.25) is 0 Å². The van der Waals surface area contributed by atoms with E-state index in [1.807, 2.05) is 31.5 Å². The molecule has 0 radical (unpaired) electrons. The number of pyridine rings is 1. The second-order valence-electron chi connectivity index (χ2n) is 12.9. The van der Waals surface area contributed by atoms with Crippen molar-refractivity contribution in [3.05, 3.63) is 47.9 Å². The van der Waals surface area contributed by atoms with E-state index in [0.717, 1.165) is 34.8 Å². The second-order valence-corrected chi connectivity index (χ2v) is 13.3. The number of carbonyl (C=O) groups is 3. The number of thiol groups is 1. The first kappa shape index (κ1) is 31.7. The van der Waals surface area contributed by atoms with E-state index in [4.69, 9.17) is 10.00 Å². The number of anilines is 2. The van der Waals surface area contributed by atoms with Crippen molar-refractivity contribution in [1.29, 1.82) is 5.26 Å². The van der Waals surface area contributed by atoms with Crippen LogP contribution in [0.3, 0.4) is 0 Å². The quantitative estimate of drug-likeness (QED) is 0.303. The van der Waals surface area contributed by atoms with Gasteiger partial charge in [-0.1, -0.05) is 0 Å². The summed E-state index contributed by atoms with van der Waals surface area (Å²) in [5.41, 5.74) is -4.31. The van der Waals surface area contributed by atoms with Gasteiger partial charge in [0.05, 0.1) is 29.2 Å². The molecule has 0 bridgehead atoms. The van der Waals surface area contributed by atoms with Crippen LogP contribution in [-0.4, -0.2) is 67.2 Å². The molecule has 1 aliphatic carbocycles. The van der Waals surface area contributed by atoms with Gasteiger partial charge in [-0.25, -0.2) is 9.78 Å². The summed E-state index contributed by atoms with van der Waals surface area (Å²) in [6.45, 7) is 7.31. The maximum absolute atomic E-state index is 13.8. The molecule has 3 aromatic rings. The molecule has 3 aliphatic rings. The summed E-state index contributed by atoms with van der Waals surface area (Å²) >= 11 is 4.64. The van der Waals surface area contributed by atoms with E-state index in [1.165, 1.54) is 6.07 Å². The highest BCUT2D eigenvalue weighted by atomic mass is 32.1. The zero-order chi connectivity index (χ0) is 33.2. The molecule has 3 fully saturated rings. The Bertz CT molecular complexity index is 1770. The number of nitrogens with zero attached hydrogens (tertiary/aromatic N) is 7. The minimum Gasteiger partial charge on any atom is -0.444 e. The molecule has 2 aliphatic heterocycles. The predicted molar refractivity (Wildman–Crippen MR) is 164 cm³/mol. The van der Waals surface area contributed by atoms with E-state index >= 15 is 0 Å². The Hall–Kier alpha value is -4.32. The van der Waals surface area contributed by atoms with Crippen molar-refractivity contribution in [3.8, 4) is 6.07 Å². The van der Waals surface area contributed by atoms with E-state index in [2.05, 4.69) is 22.7 Å². The molecular formula is C31H32F3N7O4S. The zero-order valence-corrected chi connectivity index (χ0v) is 26.3. The lowest BCUT2D eigenvalue weighted by Crippen LogP contribution is -2.62. The summed E-state index contributed by atoms with van der Waals surface area (Å²) in [4.78, 5) is 47.3. The van der Waals surface area contributed by atoms with Crippen LogP contribution in [0, 0.1) is 17.2 Å². The van der Waals surface area contributed by atoms with Gasteiger partial charge >= 0.3 is 12.3 Å². The average Bonchev–Trinajstić information content (AvgIpc) is 3.50. The van der Waals surface area contributed by atoms with Gasteiger partial charge in [-0.15, -0.1) is 12.6 Å². The van der Waals surface area contributed by atoms with Crippen LogP contribution in [0.15, 0.2) is 36.7 Å². The zero-order valence-electron chi connectivity index (χ0n) is 25.4. The Morgan fingerprint density at radius 2 is 1.85 bits per heavy atom. The summed E-state index contributed by atoms with van der Waals surface area (Å²) < 4.78 is 48.6. The third kappa shape index (κ3) is 5.32. The molecule has 4 heterocycles. The van der Waals surface area contributed by atoms with Crippen LogP contribution >= 0.6 is 12.6 Å². The number of halogens is 3. The maximum atomic E-state index is 13.8. The van der Waals surface area contributed by atoms with Crippen LogP contribution in [0.2, 0.25) is 0 Å². The lowest BCUT2D eigenvalue weighted by molar-refractivity contribution is -0.140. The van der Waals surface area contributed by atoms with Crippen LogP contribution in [-0.2, 0) is 27.0 Å². The van der Waals surface area contributed by atoms with Gasteiger partial charge < -0.3 is 14.5 Å². The number of hydrogen-bond acceptors (Lipinski definition) is 9. The molecule has 242 valence electrons. The molecule has 0 N–H and O–H groups in total. The number of benzene rings is 1. The minimum absolute atomic E-state index is 0.142. The Morgan fingerprint density at radius 1 is 1.13 bits per heavy atom. The smallest absolute Gasteiger partial charge is 0.419 e. The summed E-state index contributed by atoms with van der Waals surface area (Å²) in [6, 6.07) is 7.50. The molecule has 46 heavy (non-hydrogen) atoms. The topological polar surface area (TPSA) is 125 Å². The molecule has 2 saturated heterocycles. The molecule has 1 aromatic carbocycles. The van der Waals surface area contributed by atoms with Crippen LogP contribution < -0.4 is 9.80 Å². The third-order valence-electron chi connectivity index (χ3n) is 8.78. The Morgan fingerprint density at radius 3 is 2.43 bits per heavy atom. The highest BCUT2D eigenvalue weighted by molar-refractivity contribution is 7.81. The lowest BCUT2D eigenvalue weighted by Gasteiger charge is -2.42. The fourth-order valence-electron chi connectivity index (χ4n) is 6.40. The Balaban J connectivity index is 1.25. The van der Waals surface area contributed by atoms with Gasteiger partial charge in [-0.3, -0.25) is 19.2 Å². The number of rotatable bonds is 4. The lowest BCUT2D eigenvalue weighted by atomic mass is 9.73. The maximum Gasteiger partial charge on any atom is 0.419 e. The normalized spacial score (nSPS) is 22.5. The van der Waals surface area contributed by atoms with Crippen molar-refractivity contribution in [3.63, 3.8) is 0 Å². The summed E-state index contributed by atoms with van der Waals surface area (Å²) in [5, 5.41) is 14.5. The molecule has 2 unspecified atom stereocenters. The van der Waals surface area contributed by atoms with Crippen molar-refractivity contribution < 1.29 is 32.3 Å². The Labute approximate surface area is 268 Å². The molecule has 11 nitrogen and oxygen atoms in total. The van der Waals surface area contributed by atoms with Crippen molar-refractivity contribution in [2.45, 2.75) is 75.8 Å². The van der Waals surface area contributed by atoms with Crippen molar-refractivity contribution in [2.24, 2.45) is 5.92 Å². The average molecular weight is 656 g/mol. The number of ketones is 1. The number of alkyl halides is 3. The predicted octanol–water partition coefficient (Wildman–Crippen LogP) is 5.14. The van der Waals surface area contributed by atoms with Crippen molar-refractivity contribution in [1.82, 2.24) is 19.7 Å². The number of carbonyl (C=O) groups excluding carboxylic acids is 3. The van der Waals surface area contributed by atoms with Crippen molar-refractivity contribution in [2.75, 3.05) is 22.9 Å². The van der Waals surface area contributed by atoms with Crippen LogP contribution in [0.4, 0.5) is 29.3 Å². The van der Waals surface area contributed by atoms with E-state index in [-0.39, 0.29) is 36.3 Å². The number of piperidine rings is 1. The number of likely N-dealkylation sites (tertiary alicyclic amines) is 1. The van der Waals surface area contributed by atoms with Gasteiger partial charge in [0.15, 0.2) is 22.5 Å². The van der Waals surface area contributed by atoms with Crippen LogP contribution in [0.25, 0.3) is 10.9 Å². The highest BCUT2D eigenvalue weighted by Crippen LogP contribution is 2.49. The fraction of sp³-hybridized carbons (Fsp3) is 0.484. The number of fused-ring (bicyclic) bond motifs is 1. The molecular weight excluding hydrogens is 623 g/mol. The number of aromatic nitrogens is 3. The molecule has 2 atom stereocenters. The van der Waals surface area contributed by atoms with Gasteiger partial charge in [0.1, 0.15) is 11.7 Å². The Kier molecular flexibility index (Phi) is 7.70. The number of ether oxygens (including phenoxy) is 1. The van der Waals surface area contributed by atoms with Crippen molar-refractivity contribution >= 4 is 52.7 Å². The second kappa shape index (κ2) is 11.2. The molecule has 15 heteroatoms. The number of nitriles is 1. The largest absolute Gasteiger partial charge is 0.444 e. The van der Waals surface area contributed by atoms with E-state index in [0.29, 0.717) is 31.4 Å². The fourth-order valence-corrected chi connectivity index (χ4v) is 6.97. The monoisotopic (exact) mass is 655 g/mol. The first-order valence-corrected chi connectivity index (χ1v) is 15.4. The molecule has 2 aromatic heterocycles. The first-order valence-electron chi connectivity index (χ1n) is 14.9. The van der Waals surface area contributed by atoms with Gasteiger partial charge in [0.25, 0.3) is 5.91 Å². The number of hydrogen-bond donors (Lipinski definition) is 1. The number of Topliss-reactive ketones (excluding diaryl/α,β-unsaturated/α-hetero) is 1. The highest BCUT2D eigenvalue weighted by Gasteiger charge is 2.66. The summed E-state index contributed by atoms with van der Waals surface area (Å²) in [7, 11) is 0. The summed E-state index contributed by atoms with van der Waals surface area (Å²) in [5.74, 6) is -0.770. The van der Waals surface area contributed by atoms with E-state index < -0.39 is 40.0 Å².